The molecule has 7 nitrogen and oxygen atoms in total. The van der Waals surface area contributed by atoms with E-state index in [1.165, 1.54) is 14.7 Å². The van der Waals surface area contributed by atoms with E-state index in [9.17, 15) is 14.4 Å². The maximum absolute atomic E-state index is 11.7. The van der Waals surface area contributed by atoms with Crippen LogP contribution in [0.15, 0.2) is 0 Å². The minimum Gasteiger partial charge on any atom is -0.322 e. The molecule has 7 heteroatoms. The van der Waals surface area contributed by atoms with Crippen LogP contribution >= 0.6 is 0 Å². The highest BCUT2D eigenvalue weighted by molar-refractivity contribution is 5.82. The Bertz CT molecular complexity index is 288. The molecule has 1 heterocycles. The van der Waals surface area contributed by atoms with E-state index >= 15 is 0 Å². The van der Waals surface area contributed by atoms with Gasteiger partial charge < -0.3 is 20.4 Å². The number of rotatable bonds is 3. The van der Waals surface area contributed by atoms with Crippen LogP contribution in [0.5, 0.6) is 0 Å². The van der Waals surface area contributed by atoms with Crippen molar-refractivity contribution in [2.24, 2.45) is 5.73 Å². The predicted molar refractivity (Wildman–Crippen MR) is 76.1 cm³/mol. The normalized spacial score (nSPS) is 14.6. The fourth-order valence-electron chi connectivity index (χ4n) is 1.80. The summed E-state index contributed by atoms with van der Waals surface area (Å²) in [5, 5.41) is 0. The lowest BCUT2D eigenvalue weighted by atomic mass is 10.3. The molecular weight excluding hydrogens is 260 g/mol. The maximum Gasteiger partial charge on any atom is 0.239 e. The van der Waals surface area contributed by atoms with Gasteiger partial charge >= 0.3 is 0 Å². The first-order valence-electron chi connectivity index (χ1n) is 7.06. The van der Waals surface area contributed by atoms with Crippen LogP contribution in [0.4, 0.5) is 0 Å². The quantitative estimate of drug-likeness (QED) is 0.801. The van der Waals surface area contributed by atoms with E-state index < -0.39 is 0 Å². The summed E-state index contributed by atoms with van der Waals surface area (Å²) in [6, 6.07) is 0. The Balaban J connectivity index is 0.00000172. The van der Waals surface area contributed by atoms with Gasteiger partial charge in [0.1, 0.15) is 0 Å². The van der Waals surface area contributed by atoms with Crippen LogP contribution in [0.25, 0.3) is 0 Å². The molecule has 0 unspecified atom stereocenters. The fraction of sp³-hybridized carbons (Fsp3) is 0.769. The van der Waals surface area contributed by atoms with E-state index in [4.69, 9.17) is 5.73 Å². The Labute approximate surface area is 120 Å². The van der Waals surface area contributed by atoms with E-state index in [2.05, 4.69) is 0 Å². The molecule has 116 valence electrons. The predicted octanol–water partition coefficient (Wildman–Crippen LogP) is 0.163. The number of hydrogen-bond donors (Lipinski definition) is 1. The Morgan fingerprint density at radius 2 is 1.10 bits per heavy atom. The van der Waals surface area contributed by atoms with E-state index in [1.807, 2.05) is 13.8 Å². The number of amides is 3. The van der Waals surface area contributed by atoms with E-state index in [0.717, 1.165) is 0 Å². The van der Waals surface area contributed by atoms with Crippen molar-refractivity contribution < 1.29 is 14.4 Å². The van der Waals surface area contributed by atoms with Gasteiger partial charge in [-0.3, -0.25) is 14.4 Å². The molecule has 1 saturated heterocycles. The van der Waals surface area contributed by atoms with Gasteiger partial charge in [-0.1, -0.05) is 27.7 Å². The second-order valence-electron chi connectivity index (χ2n) is 4.14. The minimum atomic E-state index is -0.266. The average Bonchev–Trinajstić information content (AvgIpc) is 2.53. The van der Waals surface area contributed by atoms with Gasteiger partial charge in [-0.25, -0.2) is 0 Å². The maximum atomic E-state index is 11.7. The number of hydrogen-bond acceptors (Lipinski definition) is 4. The highest BCUT2D eigenvalue weighted by Gasteiger charge is 2.29. The van der Waals surface area contributed by atoms with Crippen molar-refractivity contribution in [3.63, 3.8) is 0 Å². The SMILES string of the molecule is CC.CCC(=O)N1CN(C(=O)CC)CN(C(=O)CN)C1. The molecule has 20 heavy (non-hydrogen) atoms. The molecule has 1 fully saturated rings. The van der Waals surface area contributed by atoms with Crippen LogP contribution in [0, 0.1) is 0 Å². The van der Waals surface area contributed by atoms with Crippen LogP contribution in [0.2, 0.25) is 0 Å². The summed E-state index contributed by atoms with van der Waals surface area (Å²) in [4.78, 5) is 39.4. The first-order valence-corrected chi connectivity index (χ1v) is 7.06. The highest BCUT2D eigenvalue weighted by Crippen LogP contribution is 2.10. The monoisotopic (exact) mass is 286 g/mol. The molecule has 0 aromatic rings. The smallest absolute Gasteiger partial charge is 0.239 e. The van der Waals surface area contributed by atoms with Gasteiger partial charge in [-0.15, -0.1) is 0 Å². The van der Waals surface area contributed by atoms with Gasteiger partial charge in [0.2, 0.25) is 17.7 Å². The lowest BCUT2D eigenvalue weighted by molar-refractivity contribution is -0.157. The van der Waals surface area contributed by atoms with E-state index in [1.54, 1.807) is 13.8 Å². The average molecular weight is 286 g/mol. The summed E-state index contributed by atoms with van der Waals surface area (Å²) in [5.41, 5.74) is 5.31. The Morgan fingerprint density at radius 3 is 1.35 bits per heavy atom. The van der Waals surface area contributed by atoms with Crippen LogP contribution in [0.1, 0.15) is 40.5 Å². The second kappa shape index (κ2) is 9.30. The summed E-state index contributed by atoms with van der Waals surface area (Å²) < 4.78 is 0. The zero-order valence-corrected chi connectivity index (χ0v) is 12.9. The summed E-state index contributed by atoms with van der Waals surface area (Å²) in [7, 11) is 0. The molecule has 0 aromatic carbocycles. The number of carbonyl (C=O) groups excluding carboxylic acids is 3. The van der Waals surface area contributed by atoms with Gasteiger partial charge in [0.05, 0.1) is 26.6 Å². The minimum absolute atomic E-state index is 0.0848. The third-order valence-corrected chi connectivity index (χ3v) is 2.86. The summed E-state index contributed by atoms with van der Waals surface area (Å²) in [6.07, 6.45) is 0.692. The lowest BCUT2D eigenvalue weighted by Gasteiger charge is -2.42. The topological polar surface area (TPSA) is 87.0 Å². The van der Waals surface area contributed by atoms with Crippen molar-refractivity contribution in [2.45, 2.75) is 40.5 Å². The van der Waals surface area contributed by atoms with Crippen LogP contribution in [-0.2, 0) is 14.4 Å². The van der Waals surface area contributed by atoms with Crippen molar-refractivity contribution in [3.05, 3.63) is 0 Å². The van der Waals surface area contributed by atoms with Crippen molar-refractivity contribution in [3.8, 4) is 0 Å². The Kier molecular flexibility index (Phi) is 8.54. The number of carbonyl (C=O) groups is 3. The molecule has 0 bridgehead atoms. The van der Waals surface area contributed by atoms with Gasteiger partial charge in [0.25, 0.3) is 0 Å². The molecule has 2 N–H and O–H groups in total. The number of nitrogens with zero attached hydrogens (tertiary/aromatic N) is 3. The molecule has 0 spiro atoms. The molecule has 1 aliphatic rings. The molecule has 0 saturated carbocycles. The Morgan fingerprint density at radius 1 is 0.800 bits per heavy atom. The van der Waals surface area contributed by atoms with Crippen molar-refractivity contribution in [1.29, 1.82) is 0 Å². The van der Waals surface area contributed by atoms with Gasteiger partial charge in [-0.05, 0) is 0 Å². The molecule has 0 aromatic heterocycles. The molecule has 1 aliphatic heterocycles. The third-order valence-electron chi connectivity index (χ3n) is 2.86. The lowest BCUT2D eigenvalue weighted by Crippen LogP contribution is -2.60. The fourth-order valence-corrected chi connectivity index (χ4v) is 1.80. The summed E-state index contributed by atoms with van der Waals surface area (Å²) in [5.74, 6) is -0.436. The van der Waals surface area contributed by atoms with E-state index in [0.29, 0.717) is 12.8 Å². The van der Waals surface area contributed by atoms with Gasteiger partial charge in [0, 0.05) is 12.8 Å². The Hall–Kier alpha value is -1.63. The molecule has 1 rings (SSSR count). The first-order chi connectivity index (χ1) is 9.53. The molecular formula is C13H26N4O3. The molecule has 0 radical (unpaired) electrons. The highest BCUT2D eigenvalue weighted by atomic mass is 16.2. The second-order valence-corrected chi connectivity index (χ2v) is 4.14. The summed E-state index contributed by atoms with van der Waals surface area (Å²) in [6.45, 7) is 8.03. The largest absolute Gasteiger partial charge is 0.322 e. The third kappa shape index (κ3) is 4.80. The summed E-state index contributed by atoms with van der Waals surface area (Å²) >= 11 is 0. The van der Waals surface area contributed by atoms with Crippen LogP contribution < -0.4 is 5.73 Å². The van der Waals surface area contributed by atoms with E-state index in [-0.39, 0.29) is 44.3 Å². The van der Waals surface area contributed by atoms with Crippen molar-refractivity contribution in [1.82, 2.24) is 14.7 Å². The zero-order chi connectivity index (χ0) is 15.7. The van der Waals surface area contributed by atoms with Crippen molar-refractivity contribution in [2.75, 3.05) is 26.6 Å². The van der Waals surface area contributed by atoms with Crippen LogP contribution in [-0.4, -0.2) is 59.0 Å². The molecule has 0 aliphatic carbocycles. The van der Waals surface area contributed by atoms with Gasteiger partial charge in [-0.2, -0.15) is 0 Å². The number of nitrogens with two attached hydrogens (primary N) is 1. The van der Waals surface area contributed by atoms with Gasteiger partial charge in [0.15, 0.2) is 0 Å². The van der Waals surface area contributed by atoms with Crippen LogP contribution in [0.3, 0.4) is 0 Å². The first kappa shape index (κ1) is 18.4. The molecule has 0 atom stereocenters. The van der Waals surface area contributed by atoms with Crippen molar-refractivity contribution >= 4 is 17.7 Å². The standard InChI is InChI=1S/C11H20N4O3.C2H6/c1-3-9(16)13-6-14(10(17)4-2)8-15(7-13)11(18)5-12;1-2/h3-8,12H2,1-2H3;1-2H3. The zero-order valence-electron chi connectivity index (χ0n) is 12.9. The molecule has 3 amide bonds.